The molecular weight excluding hydrogens is 332 g/mol. The number of nitrogens with zero attached hydrogens (tertiary/aromatic N) is 1. The van der Waals surface area contributed by atoms with Crippen LogP contribution >= 0.6 is 27.5 Å². The average Bonchev–Trinajstić information content (AvgIpc) is 2.36. The summed E-state index contributed by atoms with van der Waals surface area (Å²) in [6, 6.07) is 4.82. The minimum absolute atomic E-state index is 0.0614. The fraction of sp³-hybridized carbons (Fsp3) is 0.0769. The number of halogens is 2. The quantitative estimate of drug-likeness (QED) is 0.874. The van der Waals surface area contributed by atoms with Gasteiger partial charge < -0.3 is 10.4 Å². The number of nitrogens with one attached hydrogen (secondary N) is 1. The summed E-state index contributed by atoms with van der Waals surface area (Å²) in [6.45, 7) is 1.87. The van der Waals surface area contributed by atoms with Gasteiger partial charge in [0.2, 0.25) is 0 Å². The number of pyridine rings is 1. The third-order valence-corrected chi connectivity index (χ3v) is 3.55. The zero-order chi connectivity index (χ0) is 14.0. The third kappa shape index (κ3) is 3.24. The zero-order valence-corrected chi connectivity index (χ0v) is 12.3. The number of rotatable bonds is 2. The Hall–Kier alpha value is -1.59. The lowest BCUT2D eigenvalue weighted by Crippen LogP contribution is -2.12. The number of amides is 1. The van der Waals surface area contributed by atoms with Crippen LogP contribution in [0.3, 0.4) is 0 Å². The molecule has 1 aromatic carbocycles. The fourth-order valence-corrected chi connectivity index (χ4v) is 2.21. The van der Waals surface area contributed by atoms with Crippen molar-refractivity contribution in [3.05, 3.63) is 51.2 Å². The first-order chi connectivity index (χ1) is 8.97. The van der Waals surface area contributed by atoms with E-state index < -0.39 is 0 Å². The summed E-state index contributed by atoms with van der Waals surface area (Å²) in [7, 11) is 0. The smallest absolute Gasteiger partial charge is 0.257 e. The van der Waals surface area contributed by atoms with E-state index in [1.54, 1.807) is 6.07 Å². The Labute approximate surface area is 123 Å². The van der Waals surface area contributed by atoms with Crippen molar-refractivity contribution in [1.29, 1.82) is 0 Å². The van der Waals surface area contributed by atoms with Gasteiger partial charge in [-0.3, -0.25) is 9.78 Å². The maximum Gasteiger partial charge on any atom is 0.257 e. The van der Waals surface area contributed by atoms with Gasteiger partial charge in [0.1, 0.15) is 5.75 Å². The Morgan fingerprint density at radius 1 is 1.37 bits per heavy atom. The minimum atomic E-state index is -0.371. The molecule has 1 heterocycles. The summed E-state index contributed by atoms with van der Waals surface area (Å²) in [5.41, 5.74) is 1.73. The van der Waals surface area contributed by atoms with Crippen LogP contribution in [0.2, 0.25) is 5.02 Å². The van der Waals surface area contributed by atoms with Crippen molar-refractivity contribution in [2.45, 2.75) is 6.92 Å². The number of carbonyl (C=O) groups excluding carboxylic acids is 1. The van der Waals surface area contributed by atoms with Crippen molar-refractivity contribution in [3.63, 3.8) is 0 Å². The Morgan fingerprint density at radius 2 is 2.11 bits per heavy atom. The molecule has 0 radical (unpaired) electrons. The average molecular weight is 342 g/mol. The highest BCUT2D eigenvalue weighted by atomic mass is 79.9. The molecular formula is C13H10BrClN2O2. The van der Waals surface area contributed by atoms with Crippen LogP contribution in [-0.4, -0.2) is 16.0 Å². The van der Waals surface area contributed by atoms with Crippen LogP contribution in [0.1, 0.15) is 15.9 Å². The van der Waals surface area contributed by atoms with Crippen molar-refractivity contribution >= 4 is 39.1 Å². The highest BCUT2D eigenvalue weighted by Gasteiger charge is 2.11. The van der Waals surface area contributed by atoms with E-state index in [4.69, 9.17) is 11.6 Å². The lowest BCUT2D eigenvalue weighted by atomic mass is 10.2. The molecule has 6 heteroatoms. The number of carbonyl (C=O) groups is 1. The van der Waals surface area contributed by atoms with Gasteiger partial charge in [-0.05, 0) is 46.6 Å². The first-order valence-corrected chi connectivity index (χ1v) is 6.55. The Morgan fingerprint density at radius 3 is 2.79 bits per heavy atom. The SMILES string of the molecule is Cc1cc(Br)c(NC(=O)c2cncc(O)c2)cc1Cl. The number of anilines is 1. The standard InChI is InChI=1S/C13H10BrClN2O2/c1-7-2-10(14)12(4-11(7)15)17-13(19)8-3-9(18)6-16-5-8/h2-6,18H,1H3,(H,17,19). The maximum atomic E-state index is 12.0. The summed E-state index contributed by atoms with van der Waals surface area (Å²) < 4.78 is 0.732. The number of aryl methyl sites for hydroxylation is 1. The summed E-state index contributed by atoms with van der Waals surface area (Å²) in [5.74, 6) is -0.433. The summed E-state index contributed by atoms with van der Waals surface area (Å²) >= 11 is 9.37. The van der Waals surface area contributed by atoms with Gasteiger partial charge in [0.05, 0.1) is 17.4 Å². The highest BCUT2D eigenvalue weighted by Crippen LogP contribution is 2.29. The van der Waals surface area contributed by atoms with Gasteiger partial charge in [-0.25, -0.2) is 0 Å². The molecule has 0 atom stereocenters. The van der Waals surface area contributed by atoms with Crippen molar-refractivity contribution in [2.24, 2.45) is 0 Å². The summed E-state index contributed by atoms with van der Waals surface area (Å²) in [5, 5.41) is 12.6. The zero-order valence-electron chi connectivity index (χ0n) is 9.95. The van der Waals surface area contributed by atoms with E-state index in [0.29, 0.717) is 10.7 Å². The van der Waals surface area contributed by atoms with E-state index in [9.17, 15) is 9.90 Å². The largest absolute Gasteiger partial charge is 0.506 e. The van der Waals surface area contributed by atoms with Crippen LogP contribution in [-0.2, 0) is 0 Å². The topological polar surface area (TPSA) is 62.2 Å². The predicted octanol–water partition coefficient (Wildman–Crippen LogP) is 3.76. The van der Waals surface area contributed by atoms with Crippen LogP contribution in [0.25, 0.3) is 0 Å². The van der Waals surface area contributed by atoms with Crippen LogP contribution in [0.15, 0.2) is 35.1 Å². The molecule has 1 amide bonds. The maximum absolute atomic E-state index is 12.0. The molecule has 0 aliphatic heterocycles. The van der Waals surface area contributed by atoms with E-state index >= 15 is 0 Å². The molecule has 0 saturated heterocycles. The van der Waals surface area contributed by atoms with Crippen LogP contribution in [0.5, 0.6) is 5.75 Å². The molecule has 0 aliphatic rings. The summed E-state index contributed by atoms with van der Waals surface area (Å²) in [6.07, 6.45) is 2.63. The predicted molar refractivity (Wildman–Crippen MR) is 77.7 cm³/mol. The van der Waals surface area contributed by atoms with E-state index in [1.807, 2.05) is 13.0 Å². The Kier molecular flexibility index (Phi) is 4.07. The monoisotopic (exact) mass is 340 g/mol. The molecule has 2 N–H and O–H groups in total. The normalized spacial score (nSPS) is 10.3. The highest BCUT2D eigenvalue weighted by molar-refractivity contribution is 9.10. The van der Waals surface area contributed by atoms with Gasteiger partial charge in [0.15, 0.2) is 0 Å². The van der Waals surface area contributed by atoms with E-state index in [1.165, 1.54) is 18.5 Å². The van der Waals surface area contributed by atoms with E-state index in [0.717, 1.165) is 10.0 Å². The van der Waals surface area contributed by atoms with Gasteiger partial charge in [-0.2, -0.15) is 0 Å². The number of hydrogen-bond donors (Lipinski definition) is 2. The Balaban J connectivity index is 2.27. The van der Waals surface area contributed by atoms with Crippen LogP contribution < -0.4 is 5.32 Å². The second-order valence-electron chi connectivity index (χ2n) is 3.97. The second kappa shape index (κ2) is 5.59. The van der Waals surface area contributed by atoms with Crippen molar-refractivity contribution < 1.29 is 9.90 Å². The molecule has 0 bridgehead atoms. The fourth-order valence-electron chi connectivity index (χ4n) is 1.49. The molecule has 0 spiro atoms. The molecule has 0 aliphatic carbocycles. The number of aromatic hydroxyl groups is 1. The minimum Gasteiger partial charge on any atom is -0.506 e. The van der Waals surface area contributed by atoms with Gasteiger partial charge in [-0.1, -0.05) is 11.6 Å². The molecule has 98 valence electrons. The summed E-state index contributed by atoms with van der Waals surface area (Å²) in [4.78, 5) is 15.7. The lowest BCUT2D eigenvalue weighted by molar-refractivity contribution is 0.102. The van der Waals surface area contributed by atoms with Gasteiger partial charge in [0, 0.05) is 15.7 Å². The molecule has 2 rings (SSSR count). The lowest BCUT2D eigenvalue weighted by Gasteiger charge is -2.09. The first kappa shape index (κ1) is 13.8. The second-order valence-corrected chi connectivity index (χ2v) is 5.23. The van der Waals surface area contributed by atoms with E-state index in [-0.39, 0.29) is 17.2 Å². The molecule has 2 aromatic rings. The number of benzene rings is 1. The molecule has 0 fully saturated rings. The van der Waals surface area contributed by atoms with Gasteiger partial charge in [0.25, 0.3) is 5.91 Å². The van der Waals surface area contributed by atoms with Crippen LogP contribution in [0.4, 0.5) is 5.69 Å². The van der Waals surface area contributed by atoms with E-state index in [2.05, 4.69) is 26.2 Å². The molecule has 0 saturated carbocycles. The molecule has 4 nitrogen and oxygen atoms in total. The molecule has 19 heavy (non-hydrogen) atoms. The first-order valence-electron chi connectivity index (χ1n) is 5.38. The van der Waals surface area contributed by atoms with Crippen molar-refractivity contribution in [2.75, 3.05) is 5.32 Å². The van der Waals surface area contributed by atoms with Crippen LogP contribution in [0, 0.1) is 6.92 Å². The van der Waals surface area contributed by atoms with Gasteiger partial charge >= 0.3 is 0 Å². The Bertz CT molecular complexity index is 647. The third-order valence-electron chi connectivity index (χ3n) is 2.48. The molecule has 1 aromatic heterocycles. The van der Waals surface area contributed by atoms with Gasteiger partial charge in [-0.15, -0.1) is 0 Å². The molecule has 0 unspecified atom stereocenters. The van der Waals surface area contributed by atoms with Crippen molar-refractivity contribution in [1.82, 2.24) is 4.98 Å². The number of aromatic nitrogens is 1. The van der Waals surface area contributed by atoms with Crippen molar-refractivity contribution in [3.8, 4) is 5.75 Å². The number of hydrogen-bond acceptors (Lipinski definition) is 3.